The van der Waals surface area contributed by atoms with Gasteiger partial charge in [-0.2, -0.15) is 13.2 Å². The van der Waals surface area contributed by atoms with E-state index in [9.17, 15) is 23.1 Å². The van der Waals surface area contributed by atoms with Gasteiger partial charge < -0.3 is 25.2 Å². The number of nitrogens with one attached hydrogen (secondary N) is 2. The van der Waals surface area contributed by atoms with E-state index < -0.39 is 24.4 Å². The van der Waals surface area contributed by atoms with Gasteiger partial charge in [0.05, 0.1) is 32.1 Å². The van der Waals surface area contributed by atoms with E-state index in [4.69, 9.17) is 4.74 Å². The van der Waals surface area contributed by atoms with Crippen molar-refractivity contribution in [3.05, 3.63) is 12.3 Å². The lowest BCUT2D eigenvalue weighted by Gasteiger charge is -2.28. The van der Waals surface area contributed by atoms with Crippen LogP contribution in [-0.4, -0.2) is 55.8 Å². The number of urea groups is 1. The van der Waals surface area contributed by atoms with Crippen molar-refractivity contribution in [2.75, 3.05) is 26.9 Å². The standard InChI is InChI=1S/C13H23F3N2O4/c1-4-10(8-21-3)18-11(19)17-9-12(20,13(14,15)16)6-7-22-5-2/h6-7,10,20H,4-5,8-9H2,1-3H3,(H2,17,18,19)/b7-6+/t10-,12-/m1/s1. The predicted octanol–water partition coefficient (Wildman–Crippen LogP) is 1.55. The van der Waals surface area contributed by atoms with E-state index in [2.05, 4.69) is 10.1 Å². The summed E-state index contributed by atoms with van der Waals surface area (Å²) in [6.07, 6.45) is -3.18. The van der Waals surface area contributed by atoms with E-state index in [0.717, 1.165) is 6.26 Å². The second kappa shape index (κ2) is 9.52. The van der Waals surface area contributed by atoms with Gasteiger partial charge in [0.1, 0.15) is 0 Å². The van der Waals surface area contributed by atoms with E-state index in [1.807, 2.05) is 5.32 Å². The van der Waals surface area contributed by atoms with Crippen LogP contribution in [0.1, 0.15) is 20.3 Å². The summed E-state index contributed by atoms with van der Waals surface area (Å²) in [5.41, 5.74) is -3.21. The average Bonchev–Trinajstić information content (AvgIpc) is 2.43. The number of carbonyl (C=O) groups is 1. The van der Waals surface area contributed by atoms with Crippen LogP contribution in [0.15, 0.2) is 12.3 Å². The molecule has 130 valence electrons. The fraction of sp³-hybridized carbons (Fsp3) is 0.769. The van der Waals surface area contributed by atoms with Crippen LogP contribution in [0.3, 0.4) is 0 Å². The van der Waals surface area contributed by atoms with E-state index in [1.165, 1.54) is 7.11 Å². The molecular weight excluding hydrogens is 305 g/mol. The summed E-state index contributed by atoms with van der Waals surface area (Å²) in [4.78, 5) is 11.6. The summed E-state index contributed by atoms with van der Waals surface area (Å²) in [6.45, 7) is 2.74. The van der Waals surface area contributed by atoms with Crippen LogP contribution in [0.5, 0.6) is 0 Å². The molecule has 0 heterocycles. The zero-order valence-corrected chi connectivity index (χ0v) is 12.9. The number of aliphatic hydroxyl groups is 1. The minimum absolute atomic E-state index is 0.160. The molecule has 3 N–H and O–H groups in total. The Morgan fingerprint density at radius 1 is 1.36 bits per heavy atom. The molecule has 0 rings (SSSR count). The van der Waals surface area contributed by atoms with Crippen molar-refractivity contribution in [1.82, 2.24) is 10.6 Å². The second-order valence-electron chi connectivity index (χ2n) is 4.57. The molecule has 6 nitrogen and oxygen atoms in total. The lowest BCUT2D eigenvalue weighted by Crippen LogP contribution is -2.55. The van der Waals surface area contributed by atoms with Crippen LogP contribution in [-0.2, 0) is 9.47 Å². The third-order valence-electron chi connectivity index (χ3n) is 2.81. The van der Waals surface area contributed by atoms with E-state index in [0.29, 0.717) is 12.5 Å². The van der Waals surface area contributed by atoms with Gasteiger partial charge in [0.2, 0.25) is 0 Å². The van der Waals surface area contributed by atoms with Gasteiger partial charge in [-0.3, -0.25) is 0 Å². The molecule has 0 aromatic heterocycles. The molecule has 0 fully saturated rings. The minimum Gasteiger partial charge on any atom is -0.502 e. The molecule has 0 bridgehead atoms. The Labute approximate surface area is 127 Å². The Hall–Kier alpha value is -1.48. The van der Waals surface area contributed by atoms with Gasteiger partial charge in [-0.25, -0.2) is 4.79 Å². The van der Waals surface area contributed by atoms with Crippen molar-refractivity contribution in [2.24, 2.45) is 0 Å². The molecule has 0 aliphatic rings. The molecule has 0 aliphatic carbocycles. The quantitative estimate of drug-likeness (QED) is 0.561. The smallest absolute Gasteiger partial charge is 0.422 e. The van der Waals surface area contributed by atoms with E-state index in [1.54, 1.807) is 13.8 Å². The van der Waals surface area contributed by atoms with Crippen LogP contribution in [0.4, 0.5) is 18.0 Å². The number of hydrogen-bond donors (Lipinski definition) is 3. The molecule has 0 saturated carbocycles. The molecule has 22 heavy (non-hydrogen) atoms. The van der Waals surface area contributed by atoms with Crippen LogP contribution < -0.4 is 10.6 Å². The largest absolute Gasteiger partial charge is 0.502 e. The maximum absolute atomic E-state index is 12.9. The highest BCUT2D eigenvalue weighted by molar-refractivity contribution is 5.74. The van der Waals surface area contributed by atoms with E-state index in [-0.39, 0.29) is 19.3 Å². The number of alkyl halides is 3. The normalized spacial score (nSPS) is 16.1. The van der Waals surface area contributed by atoms with E-state index >= 15 is 0 Å². The topological polar surface area (TPSA) is 79.8 Å². The first-order valence-electron chi connectivity index (χ1n) is 6.81. The SMILES string of the molecule is CCO/C=C/[C@@](O)(CNC(=O)N[C@H](CC)COC)C(F)(F)F. The number of methoxy groups -OCH3 is 1. The molecule has 0 aliphatic heterocycles. The Kier molecular flexibility index (Phi) is 8.88. The third-order valence-corrected chi connectivity index (χ3v) is 2.81. The number of halogens is 3. The van der Waals surface area contributed by atoms with Gasteiger partial charge in [0.25, 0.3) is 0 Å². The third kappa shape index (κ3) is 6.99. The Morgan fingerprint density at radius 3 is 2.45 bits per heavy atom. The molecule has 2 amide bonds. The van der Waals surface area contributed by atoms with Crippen LogP contribution in [0.2, 0.25) is 0 Å². The summed E-state index contributed by atoms with van der Waals surface area (Å²) in [5.74, 6) is 0. The highest BCUT2D eigenvalue weighted by atomic mass is 19.4. The Balaban J connectivity index is 4.66. The zero-order chi connectivity index (χ0) is 17.2. The maximum Gasteiger partial charge on any atom is 0.422 e. The average molecular weight is 328 g/mol. The van der Waals surface area contributed by atoms with Crippen molar-refractivity contribution in [1.29, 1.82) is 0 Å². The first-order valence-corrected chi connectivity index (χ1v) is 6.81. The summed E-state index contributed by atoms with van der Waals surface area (Å²) >= 11 is 0. The van der Waals surface area contributed by atoms with Crippen LogP contribution in [0, 0.1) is 0 Å². The molecule has 0 radical (unpaired) electrons. The van der Waals surface area contributed by atoms with Crippen molar-refractivity contribution < 1.29 is 32.5 Å². The Bertz CT molecular complexity index is 364. The van der Waals surface area contributed by atoms with Gasteiger partial charge in [0.15, 0.2) is 5.60 Å². The first kappa shape index (κ1) is 20.5. The predicted molar refractivity (Wildman–Crippen MR) is 74.3 cm³/mol. The van der Waals surface area contributed by atoms with Crippen molar-refractivity contribution >= 4 is 6.03 Å². The number of ether oxygens (including phenoxy) is 2. The van der Waals surface area contributed by atoms with Crippen molar-refractivity contribution in [3.8, 4) is 0 Å². The summed E-state index contributed by atoms with van der Waals surface area (Å²) in [6, 6.07) is -1.15. The van der Waals surface area contributed by atoms with Gasteiger partial charge in [-0.1, -0.05) is 6.92 Å². The highest BCUT2D eigenvalue weighted by Gasteiger charge is 2.52. The van der Waals surface area contributed by atoms with Crippen LogP contribution in [0.25, 0.3) is 0 Å². The van der Waals surface area contributed by atoms with Crippen molar-refractivity contribution in [3.63, 3.8) is 0 Å². The monoisotopic (exact) mass is 328 g/mol. The molecule has 0 spiro atoms. The summed E-state index contributed by atoms with van der Waals surface area (Å²) in [7, 11) is 1.45. The molecule has 0 saturated heterocycles. The zero-order valence-electron chi connectivity index (χ0n) is 12.9. The minimum atomic E-state index is -4.95. The van der Waals surface area contributed by atoms with Gasteiger partial charge in [-0.15, -0.1) is 0 Å². The van der Waals surface area contributed by atoms with Gasteiger partial charge in [-0.05, 0) is 19.4 Å². The molecule has 0 aromatic rings. The molecular formula is C13H23F3N2O4. The lowest BCUT2D eigenvalue weighted by atomic mass is 10.0. The first-order chi connectivity index (χ1) is 10.2. The van der Waals surface area contributed by atoms with Crippen molar-refractivity contribution in [2.45, 2.75) is 38.1 Å². The summed E-state index contributed by atoms with van der Waals surface area (Å²) < 4.78 is 48.2. The number of hydrogen-bond acceptors (Lipinski definition) is 4. The Morgan fingerprint density at radius 2 is 2.00 bits per heavy atom. The highest BCUT2D eigenvalue weighted by Crippen LogP contribution is 2.31. The number of amides is 2. The molecule has 0 unspecified atom stereocenters. The fourth-order valence-corrected chi connectivity index (χ4v) is 1.42. The number of carbonyl (C=O) groups excluding carboxylic acids is 1. The summed E-state index contributed by atoms with van der Waals surface area (Å²) in [5, 5.41) is 14.1. The number of rotatable bonds is 9. The lowest BCUT2D eigenvalue weighted by molar-refractivity contribution is -0.237. The molecule has 2 atom stereocenters. The van der Waals surface area contributed by atoms with Crippen LogP contribution >= 0.6 is 0 Å². The van der Waals surface area contributed by atoms with Gasteiger partial charge >= 0.3 is 12.2 Å². The second-order valence-corrected chi connectivity index (χ2v) is 4.57. The van der Waals surface area contributed by atoms with Gasteiger partial charge in [0, 0.05) is 7.11 Å². The maximum atomic E-state index is 12.9. The fourth-order valence-electron chi connectivity index (χ4n) is 1.42. The molecule has 9 heteroatoms. The molecule has 0 aromatic carbocycles.